The van der Waals surface area contributed by atoms with E-state index in [2.05, 4.69) is 0 Å². The van der Waals surface area contributed by atoms with Crippen molar-refractivity contribution in [1.29, 1.82) is 0 Å². The number of hydrogen-bond acceptors (Lipinski definition) is 3. The van der Waals surface area contributed by atoms with Gasteiger partial charge in [0.25, 0.3) is 11.8 Å². The maximum Gasteiger partial charge on any atom is 0.330 e. The Morgan fingerprint density at radius 2 is 2.09 bits per heavy atom. The Bertz CT molecular complexity index is 282. The number of nitrogens with zero attached hydrogens (tertiary/aromatic N) is 1. The Morgan fingerprint density at radius 1 is 1.55 bits per heavy atom. The lowest BCUT2D eigenvalue weighted by atomic mass is 10.3. The molecule has 0 aromatic heterocycles. The first-order valence-corrected chi connectivity index (χ1v) is 3.18. The van der Waals surface area contributed by atoms with Crippen LogP contribution in [0, 0.1) is 0 Å². The van der Waals surface area contributed by atoms with Crippen LogP contribution >= 0.6 is 11.6 Å². The molecule has 3 amide bonds. The number of carbonyl (C=O) groups is 3. The first-order valence-electron chi connectivity index (χ1n) is 2.80. The van der Waals surface area contributed by atoms with Gasteiger partial charge in [0.2, 0.25) is 0 Å². The lowest BCUT2D eigenvalue weighted by Gasteiger charge is -2.05. The van der Waals surface area contributed by atoms with Gasteiger partial charge in [-0.1, -0.05) is 0 Å². The molecule has 1 heterocycles. The second-order valence-electron chi connectivity index (χ2n) is 2.06. The van der Waals surface area contributed by atoms with Crippen LogP contribution in [0.15, 0.2) is 11.6 Å². The van der Waals surface area contributed by atoms with Crippen LogP contribution in [0.3, 0.4) is 0 Å². The summed E-state index contributed by atoms with van der Waals surface area (Å²) in [6, 6.07) is 0. The molecular formula is C6H4ClNO3. The van der Waals surface area contributed by atoms with Gasteiger partial charge in [0.15, 0.2) is 0 Å². The third kappa shape index (κ3) is 1.17. The van der Waals surface area contributed by atoms with E-state index in [4.69, 9.17) is 11.6 Å². The summed E-state index contributed by atoms with van der Waals surface area (Å²) >= 11 is 4.95. The minimum atomic E-state index is -1.06. The molecule has 11 heavy (non-hydrogen) atoms. The van der Waals surface area contributed by atoms with Crippen molar-refractivity contribution in [3.63, 3.8) is 0 Å². The molecule has 0 atom stereocenters. The van der Waals surface area contributed by atoms with Gasteiger partial charge in [0.05, 0.1) is 0 Å². The number of amides is 3. The van der Waals surface area contributed by atoms with Gasteiger partial charge in [0, 0.05) is 11.6 Å². The Hall–Kier alpha value is -1.16. The average molecular weight is 174 g/mol. The minimum Gasteiger partial charge on any atom is -0.269 e. The molecule has 0 N–H and O–H groups in total. The maximum absolute atomic E-state index is 10.9. The maximum atomic E-state index is 10.9. The van der Waals surface area contributed by atoms with Crippen molar-refractivity contribution < 1.29 is 14.4 Å². The van der Waals surface area contributed by atoms with Crippen LogP contribution in [0.4, 0.5) is 4.79 Å². The quantitative estimate of drug-likeness (QED) is 0.307. The number of carbonyl (C=O) groups excluding carboxylic acids is 3. The summed E-state index contributed by atoms with van der Waals surface area (Å²) in [5.74, 6) is -1.32. The molecule has 0 saturated carbocycles. The van der Waals surface area contributed by atoms with Crippen LogP contribution in [0.1, 0.15) is 6.92 Å². The fourth-order valence-electron chi connectivity index (χ4n) is 0.754. The summed E-state index contributed by atoms with van der Waals surface area (Å²) in [5, 5.41) is -1.06. The lowest BCUT2D eigenvalue weighted by Crippen LogP contribution is -2.32. The molecule has 0 aromatic carbocycles. The van der Waals surface area contributed by atoms with Gasteiger partial charge >= 0.3 is 5.37 Å². The van der Waals surface area contributed by atoms with Crippen LogP contribution in [0.2, 0.25) is 0 Å². The van der Waals surface area contributed by atoms with Gasteiger partial charge in [-0.15, -0.1) is 0 Å². The Balaban J connectivity index is 2.99. The van der Waals surface area contributed by atoms with Crippen LogP contribution < -0.4 is 0 Å². The molecule has 0 radical (unpaired) electrons. The molecule has 1 aliphatic heterocycles. The van der Waals surface area contributed by atoms with Gasteiger partial charge in [0.1, 0.15) is 0 Å². The molecule has 0 aromatic rings. The molecule has 0 unspecified atom stereocenters. The summed E-state index contributed by atoms with van der Waals surface area (Å²) in [7, 11) is 0. The molecule has 0 bridgehead atoms. The normalized spacial score (nSPS) is 17.3. The summed E-state index contributed by atoms with van der Waals surface area (Å²) in [4.78, 5) is 32.5. The highest BCUT2D eigenvalue weighted by Crippen LogP contribution is 2.13. The van der Waals surface area contributed by atoms with Gasteiger partial charge in [-0.05, 0) is 18.5 Å². The zero-order valence-corrected chi connectivity index (χ0v) is 6.38. The number of imide groups is 3. The SMILES string of the molecule is CC1=CC(=O)N(C(=O)Cl)C1=O. The zero-order valence-electron chi connectivity index (χ0n) is 5.63. The summed E-state index contributed by atoms with van der Waals surface area (Å²) in [5.41, 5.74) is 0.226. The van der Waals surface area contributed by atoms with Crippen LogP contribution in [-0.4, -0.2) is 22.1 Å². The Morgan fingerprint density at radius 3 is 2.27 bits per heavy atom. The van der Waals surface area contributed by atoms with E-state index in [9.17, 15) is 14.4 Å². The number of hydrogen-bond donors (Lipinski definition) is 0. The van der Waals surface area contributed by atoms with Crippen LogP contribution in [-0.2, 0) is 9.59 Å². The van der Waals surface area contributed by atoms with Gasteiger partial charge in [-0.2, -0.15) is 4.90 Å². The van der Waals surface area contributed by atoms with Crippen molar-refractivity contribution in [3.05, 3.63) is 11.6 Å². The lowest BCUT2D eigenvalue weighted by molar-refractivity contribution is -0.132. The summed E-state index contributed by atoms with van der Waals surface area (Å²) in [6.45, 7) is 1.44. The van der Waals surface area contributed by atoms with E-state index in [0.29, 0.717) is 4.90 Å². The fourth-order valence-corrected chi connectivity index (χ4v) is 0.914. The largest absolute Gasteiger partial charge is 0.330 e. The third-order valence-corrected chi connectivity index (χ3v) is 1.45. The van der Waals surface area contributed by atoms with Crippen molar-refractivity contribution >= 4 is 28.8 Å². The predicted molar refractivity (Wildman–Crippen MR) is 36.9 cm³/mol. The second kappa shape index (κ2) is 2.47. The number of halogens is 1. The van der Waals surface area contributed by atoms with Crippen molar-refractivity contribution in [3.8, 4) is 0 Å². The van der Waals surface area contributed by atoms with E-state index >= 15 is 0 Å². The molecule has 4 nitrogen and oxygen atoms in total. The fraction of sp³-hybridized carbons (Fsp3) is 0.167. The Labute approximate surface area is 67.4 Å². The van der Waals surface area contributed by atoms with Crippen molar-refractivity contribution in [1.82, 2.24) is 4.90 Å². The number of rotatable bonds is 0. The molecular weight excluding hydrogens is 170 g/mol. The molecule has 0 aliphatic carbocycles. The Kier molecular flexibility index (Phi) is 1.78. The molecule has 5 heteroatoms. The first-order chi connectivity index (χ1) is 5.04. The van der Waals surface area contributed by atoms with Crippen LogP contribution in [0.25, 0.3) is 0 Å². The summed E-state index contributed by atoms with van der Waals surface area (Å²) < 4.78 is 0. The molecule has 1 rings (SSSR count). The molecule has 0 saturated heterocycles. The monoisotopic (exact) mass is 173 g/mol. The highest BCUT2D eigenvalue weighted by molar-refractivity contribution is 6.66. The first kappa shape index (κ1) is 7.94. The van der Waals surface area contributed by atoms with E-state index in [1.165, 1.54) is 6.92 Å². The van der Waals surface area contributed by atoms with Crippen LogP contribution in [0.5, 0.6) is 0 Å². The van der Waals surface area contributed by atoms with E-state index in [1.54, 1.807) is 0 Å². The highest BCUT2D eigenvalue weighted by Gasteiger charge is 2.32. The van der Waals surface area contributed by atoms with E-state index in [-0.39, 0.29) is 5.57 Å². The molecule has 0 spiro atoms. The summed E-state index contributed by atoms with van der Waals surface area (Å²) in [6.07, 6.45) is 1.07. The highest BCUT2D eigenvalue weighted by atomic mass is 35.5. The van der Waals surface area contributed by atoms with Crippen molar-refractivity contribution in [2.45, 2.75) is 6.92 Å². The minimum absolute atomic E-state index is 0.226. The van der Waals surface area contributed by atoms with E-state index in [1.807, 2.05) is 0 Å². The van der Waals surface area contributed by atoms with Gasteiger partial charge in [-0.25, -0.2) is 0 Å². The van der Waals surface area contributed by atoms with Crippen molar-refractivity contribution in [2.75, 3.05) is 0 Å². The van der Waals surface area contributed by atoms with E-state index < -0.39 is 17.2 Å². The zero-order chi connectivity index (χ0) is 8.59. The topological polar surface area (TPSA) is 54.5 Å². The van der Waals surface area contributed by atoms with Gasteiger partial charge < -0.3 is 0 Å². The smallest absolute Gasteiger partial charge is 0.269 e. The molecule has 0 fully saturated rings. The molecule has 58 valence electrons. The predicted octanol–water partition coefficient (Wildman–Crippen LogP) is 0.660. The molecule has 1 aliphatic rings. The van der Waals surface area contributed by atoms with Crippen molar-refractivity contribution in [2.24, 2.45) is 0 Å². The standard InChI is InChI=1S/C6H4ClNO3/c1-3-2-4(9)8(5(3)10)6(7)11/h2H,1H3. The third-order valence-electron chi connectivity index (χ3n) is 1.28. The van der Waals surface area contributed by atoms with E-state index in [0.717, 1.165) is 6.08 Å². The van der Waals surface area contributed by atoms with Gasteiger partial charge in [-0.3, -0.25) is 14.4 Å². The second-order valence-corrected chi connectivity index (χ2v) is 2.38. The average Bonchev–Trinajstić information content (AvgIpc) is 2.07.